The predicted octanol–water partition coefficient (Wildman–Crippen LogP) is 9.11. The maximum absolute atomic E-state index is 11.6. The summed E-state index contributed by atoms with van der Waals surface area (Å²) in [4.78, 5) is 14.9. The molecule has 0 aliphatic heterocycles. The lowest BCUT2D eigenvalue weighted by atomic mass is 9.93. The van der Waals surface area contributed by atoms with Crippen LogP contribution in [-0.4, -0.2) is 22.9 Å². The zero-order chi connectivity index (χ0) is 27.3. The molecular formula is C35H29NO4. The normalized spacial score (nSPS) is 11.1. The van der Waals surface area contributed by atoms with Gasteiger partial charge in [-0.05, 0) is 47.4 Å². The van der Waals surface area contributed by atoms with Crippen LogP contribution < -0.4 is 9.47 Å². The maximum atomic E-state index is 11.6. The molecule has 0 radical (unpaired) electrons. The zero-order valence-corrected chi connectivity index (χ0v) is 22.0. The topological polar surface area (TPSA) is 71.5 Å². The lowest BCUT2D eigenvalue weighted by molar-refractivity contribution is 0.142. The Morgan fingerprint density at radius 1 is 0.675 bits per heavy atom. The summed E-state index contributed by atoms with van der Waals surface area (Å²) >= 11 is 0. The van der Waals surface area contributed by atoms with E-state index in [9.17, 15) is 9.90 Å². The van der Waals surface area contributed by atoms with Gasteiger partial charge in [0.25, 0.3) is 0 Å². The van der Waals surface area contributed by atoms with Gasteiger partial charge in [-0.25, -0.2) is 4.79 Å². The van der Waals surface area contributed by atoms with Crippen molar-refractivity contribution in [3.05, 3.63) is 121 Å². The summed E-state index contributed by atoms with van der Waals surface area (Å²) in [5.41, 5.74) is 6.02. The molecule has 1 aromatic heterocycles. The molecular weight excluding hydrogens is 498 g/mol. The third-order valence-corrected chi connectivity index (χ3v) is 7.22. The number of ether oxygens (including phenoxy) is 2. The molecule has 2 N–H and O–H groups in total. The molecule has 0 fully saturated rings. The fourth-order valence-electron chi connectivity index (χ4n) is 5.39. The molecule has 0 aliphatic rings. The van der Waals surface area contributed by atoms with Crippen LogP contribution >= 0.6 is 0 Å². The number of benzene rings is 5. The Bertz CT molecular complexity index is 1780. The fourth-order valence-corrected chi connectivity index (χ4v) is 5.39. The maximum Gasteiger partial charge on any atom is 0.512 e. The highest BCUT2D eigenvalue weighted by Crippen LogP contribution is 2.39. The lowest BCUT2D eigenvalue weighted by Crippen LogP contribution is -2.05. The van der Waals surface area contributed by atoms with E-state index >= 15 is 0 Å². The predicted molar refractivity (Wildman–Crippen MR) is 160 cm³/mol. The second kappa shape index (κ2) is 11.4. The van der Waals surface area contributed by atoms with Crippen LogP contribution in [0.3, 0.4) is 0 Å². The molecule has 5 aromatic carbocycles. The van der Waals surface area contributed by atoms with Crippen molar-refractivity contribution in [2.75, 3.05) is 6.61 Å². The number of hydrogen-bond donors (Lipinski definition) is 2. The number of fused-ring (bicyclic) bond motifs is 2. The van der Waals surface area contributed by atoms with Gasteiger partial charge in [0.15, 0.2) is 0 Å². The highest BCUT2D eigenvalue weighted by molar-refractivity contribution is 6.01. The molecule has 40 heavy (non-hydrogen) atoms. The number of hydrogen-bond acceptors (Lipinski definition) is 3. The molecule has 6 aromatic rings. The average molecular weight is 528 g/mol. The largest absolute Gasteiger partial charge is 0.512 e. The number of carbonyl (C=O) groups is 1. The first kappa shape index (κ1) is 25.3. The molecule has 5 heteroatoms. The minimum Gasteiger partial charge on any atom is -0.493 e. The Hall–Kier alpha value is -5.03. The molecule has 5 nitrogen and oxygen atoms in total. The van der Waals surface area contributed by atoms with Crippen molar-refractivity contribution in [1.82, 2.24) is 4.98 Å². The molecule has 1 heterocycles. The van der Waals surface area contributed by atoms with Gasteiger partial charge in [0.1, 0.15) is 5.75 Å². The van der Waals surface area contributed by atoms with Crippen LogP contribution in [-0.2, 0) is 6.42 Å². The van der Waals surface area contributed by atoms with Gasteiger partial charge < -0.3 is 19.6 Å². The number of rotatable bonds is 9. The van der Waals surface area contributed by atoms with Gasteiger partial charge in [0, 0.05) is 21.9 Å². The molecule has 0 saturated carbocycles. The molecule has 0 saturated heterocycles. The molecule has 0 bridgehead atoms. The average Bonchev–Trinajstić information content (AvgIpc) is 3.34. The first-order valence-electron chi connectivity index (χ1n) is 13.5. The van der Waals surface area contributed by atoms with Crippen molar-refractivity contribution in [3.8, 4) is 33.9 Å². The van der Waals surface area contributed by atoms with Crippen molar-refractivity contribution in [3.63, 3.8) is 0 Å². The molecule has 6 rings (SSSR count). The number of unbranched alkanes of at least 4 members (excludes halogenated alkanes) is 1. The molecule has 0 unspecified atom stereocenters. The summed E-state index contributed by atoms with van der Waals surface area (Å²) in [6.45, 7) is 0.571. The number of aryl methyl sites for hydroxylation is 1. The Labute approximate surface area is 232 Å². The van der Waals surface area contributed by atoms with Crippen molar-refractivity contribution in [2.24, 2.45) is 0 Å². The fraction of sp³-hybridized carbons (Fsp3) is 0.114. The van der Waals surface area contributed by atoms with Crippen molar-refractivity contribution in [1.29, 1.82) is 0 Å². The minimum absolute atomic E-state index is 0.280. The summed E-state index contributed by atoms with van der Waals surface area (Å²) in [7, 11) is 0. The quantitative estimate of drug-likeness (QED) is 0.145. The summed E-state index contributed by atoms with van der Waals surface area (Å²) in [6, 6.07) is 38.9. The van der Waals surface area contributed by atoms with E-state index in [0.29, 0.717) is 13.0 Å². The third kappa shape index (κ3) is 5.14. The lowest BCUT2D eigenvalue weighted by Gasteiger charge is -2.11. The standard InChI is InChI=1S/C35H29NO4/c37-35(38)40-34-31(19-8-9-23-39-32-22-10-15-25-14-4-5-17-27(25)32)30-21-11-20-29(33(30)36-34)28-18-7-6-16-26(28)24-12-2-1-3-13-24/h1-7,10-18,20-22,36H,8-9,19,23H2,(H,37,38). The van der Waals surface area contributed by atoms with Gasteiger partial charge in [-0.3, -0.25) is 0 Å². The van der Waals surface area contributed by atoms with Crippen LogP contribution in [0.15, 0.2) is 115 Å². The molecule has 198 valence electrons. The Balaban J connectivity index is 1.26. The highest BCUT2D eigenvalue weighted by atomic mass is 16.7. The van der Waals surface area contributed by atoms with Crippen LogP contribution in [0.5, 0.6) is 11.6 Å². The second-order valence-corrected chi connectivity index (χ2v) is 9.72. The number of aromatic amines is 1. The molecule has 0 amide bonds. The smallest absolute Gasteiger partial charge is 0.493 e. The van der Waals surface area contributed by atoms with Crippen LogP contribution in [0, 0.1) is 0 Å². The summed E-state index contributed by atoms with van der Waals surface area (Å²) in [6.07, 6.45) is 0.960. The van der Waals surface area contributed by atoms with E-state index in [2.05, 4.69) is 53.5 Å². The van der Waals surface area contributed by atoms with E-state index < -0.39 is 6.16 Å². The van der Waals surface area contributed by atoms with Crippen LogP contribution in [0.2, 0.25) is 0 Å². The first-order chi connectivity index (χ1) is 19.7. The van der Waals surface area contributed by atoms with Gasteiger partial charge in [0.05, 0.1) is 12.1 Å². The zero-order valence-electron chi connectivity index (χ0n) is 22.0. The van der Waals surface area contributed by atoms with E-state index in [-0.39, 0.29) is 5.88 Å². The minimum atomic E-state index is -1.33. The number of para-hydroxylation sites is 1. The Morgan fingerprint density at radius 3 is 2.20 bits per heavy atom. The Morgan fingerprint density at radius 2 is 1.35 bits per heavy atom. The summed E-state index contributed by atoms with van der Waals surface area (Å²) in [5, 5.41) is 12.7. The molecule has 0 aliphatic carbocycles. The first-order valence-corrected chi connectivity index (χ1v) is 13.5. The van der Waals surface area contributed by atoms with Gasteiger partial charge in [-0.2, -0.15) is 0 Å². The monoisotopic (exact) mass is 527 g/mol. The van der Waals surface area contributed by atoms with Crippen molar-refractivity contribution in [2.45, 2.75) is 19.3 Å². The van der Waals surface area contributed by atoms with Gasteiger partial charge in [-0.15, -0.1) is 0 Å². The van der Waals surface area contributed by atoms with E-state index in [0.717, 1.165) is 68.1 Å². The van der Waals surface area contributed by atoms with E-state index in [1.54, 1.807) is 0 Å². The summed E-state index contributed by atoms with van der Waals surface area (Å²) in [5.74, 6) is 1.16. The van der Waals surface area contributed by atoms with E-state index in [1.807, 2.05) is 66.7 Å². The van der Waals surface area contributed by atoms with E-state index in [1.165, 1.54) is 0 Å². The molecule has 0 atom stereocenters. The van der Waals surface area contributed by atoms with Crippen LogP contribution in [0.25, 0.3) is 43.9 Å². The number of carboxylic acid groups (broad SMARTS) is 1. The number of H-pyrrole nitrogens is 1. The van der Waals surface area contributed by atoms with Crippen LogP contribution in [0.4, 0.5) is 4.79 Å². The van der Waals surface area contributed by atoms with E-state index in [4.69, 9.17) is 9.47 Å². The van der Waals surface area contributed by atoms with Gasteiger partial charge >= 0.3 is 6.16 Å². The van der Waals surface area contributed by atoms with Crippen molar-refractivity contribution < 1.29 is 19.4 Å². The number of nitrogens with one attached hydrogen (secondary N) is 1. The number of aromatic nitrogens is 1. The highest BCUT2D eigenvalue weighted by Gasteiger charge is 2.19. The third-order valence-electron chi connectivity index (χ3n) is 7.22. The van der Waals surface area contributed by atoms with Gasteiger partial charge in [0.2, 0.25) is 5.88 Å². The second-order valence-electron chi connectivity index (χ2n) is 9.72. The van der Waals surface area contributed by atoms with Crippen LogP contribution in [0.1, 0.15) is 18.4 Å². The molecule has 0 spiro atoms. The summed E-state index contributed by atoms with van der Waals surface area (Å²) < 4.78 is 11.4. The van der Waals surface area contributed by atoms with Crippen molar-refractivity contribution >= 4 is 27.8 Å². The SMILES string of the molecule is O=C(O)Oc1[nH]c2c(-c3ccccc3-c3ccccc3)cccc2c1CCCCOc1cccc2ccccc12. The van der Waals surface area contributed by atoms with Gasteiger partial charge in [-0.1, -0.05) is 109 Å². The Kier molecular flexibility index (Phi) is 7.18.